The Bertz CT molecular complexity index is 1890. The van der Waals surface area contributed by atoms with E-state index in [1.54, 1.807) is 13.0 Å². The molecule has 8 atom stereocenters. The molecule has 5 aliphatic rings. The Morgan fingerprint density at radius 2 is 1.72 bits per heavy atom. The number of benzene rings is 1. The Kier molecular flexibility index (Phi) is 12.7. The molecule has 0 radical (unpaired) electrons. The molecule has 14 nitrogen and oxygen atoms in total. The fraction of sp³-hybridized carbons (Fsp3) is 0.651. The molecule has 2 heterocycles. The third-order valence-corrected chi connectivity index (χ3v) is 13.3. The third kappa shape index (κ3) is 8.74. The first-order valence-electron chi connectivity index (χ1n) is 20.7. The van der Waals surface area contributed by atoms with Crippen LogP contribution in [0.4, 0.5) is 4.79 Å². The van der Waals surface area contributed by atoms with E-state index in [0.717, 1.165) is 50.6 Å². The molecule has 4 saturated carbocycles. The van der Waals surface area contributed by atoms with Gasteiger partial charge < -0.3 is 44.0 Å². The number of hydrogen-bond acceptors (Lipinski definition) is 11. The van der Waals surface area contributed by atoms with E-state index in [1.807, 2.05) is 19.1 Å². The first-order chi connectivity index (χ1) is 27.9. The summed E-state index contributed by atoms with van der Waals surface area (Å²) >= 11 is 7.02. The molecule has 1 aromatic carbocycles. The molecule has 3 amide bonds. The van der Waals surface area contributed by atoms with Crippen LogP contribution in [-0.4, -0.2) is 104 Å². The van der Waals surface area contributed by atoms with E-state index in [-0.39, 0.29) is 37.5 Å². The van der Waals surface area contributed by atoms with Gasteiger partial charge in [0, 0.05) is 43.7 Å². The number of amides is 3. The number of likely N-dealkylation sites (tertiary alicyclic amines) is 1. The van der Waals surface area contributed by atoms with Gasteiger partial charge in [-0.3, -0.25) is 14.6 Å². The summed E-state index contributed by atoms with van der Waals surface area (Å²) in [6.07, 6.45) is 7.17. The van der Waals surface area contributed by atoms with Crippen LogP contribution in [-0.2, 0) is 33.3 Å². The Morgan fingerprint density at radius 3 is 2.36 bits per heavy atom. The van der Waals surface area contributed by atoms with Crippen LogP contribution in [0.1, 0.15) is 96.1 Å². The maximum absolute atomic E-state index is 14.5. The van der Waals surface area contributed by atoms with E-state index in [4.69, 9.17) is 45.0 Å². The van der Waals surface area contributed by atoms with Crippen LogP contribution in [0.15, 0.2) is 30.4 Å². The minimum absolute atomic E-state index is 0.0127. The summed E-state index contributed by atoms with van der Waals surface area (Å²) < 4.78 is 34.2. The van der Waals surface area contributed by atoms with Gasteiger partial charge >= 0.3 is 12.1 Å². The molecule has 58 heavy (non-hydrogen) atoms. The lowest BCUT2D eigenvalue weighted by Gasteiger charge is -2.30. The Labute approximate surface area is 345 Å². The SMILES string of the molecule is C=C(C)[C@H](NC(=O)O[C@@H]1C[C@@H]2C[C@@H]2C1)C(=O)N1C[C@H](Oc2cc(C3CCCCC3)nc3c(Cl)c(OCC(OC)OC)ccc23)C[C@H]1C(=O)N[C@]1(C(=O)OC)C[C@H]1CC. The van der Waals surface area contributed by atoms with Crippen molar-refractivity contribution in [2.75, 3.05) is 34.5 Å². The molecule has 1 aliphatic heterocycles. The van der Waals surface area contributed by atoms with Crippen molar-refractivity contribution in [2.45, 2.75) is 127 Å². The maximum atomic E-state index is 14.5. The van der Waals surface area contributed by atoms with Crippen LogP contribution in [0, 0.1) is 17.8 Å². The van der Waals surface area contributed by atoms with E-state index in [0.29, 0.717) is 57.7 Å². The van der Waals surface area contributed by atoms with Gasteiger partial charge in [0.1, 0.15) is 53.0 Å². The van der Waals surface area contributed by atoms with Crippen molar-refractivity contribution in [2.24, 2.45) is 17.8 Å². The standard InChI is InChI=1S/C43H57ClN4O10/c1-7-27-20-43(27,41(51)55-6)47-39(49)32-18-29(21-48(32)40(50)37(23(2)3)46-42(52)58-28-16-25-15-26(25)17-28)57-34-19-31(24-11-9-8-10-12-24)45-38-30(34)13-14-33(36(38)44)56-22-35(53-4)54-5/h13-14,19,24-29,32,35,37H,2,7-12,15-18,20-22H2,1,3-6H3,(H,46,52)(H,47,49)/t25-,26+,27-,28+,29-,32+,37+,43-/m1/s1. The van der Waals surface area contributed by atoms with Crippen LogP contribution in [0.3, 0.4) is 0 Å². The molecule has 2 N–H and O–H groups in total. The molecule has 2 aromatic rings. The summed E-state index contributed by atoms with van der Waals surface area (Å²) in [5, 5.41) is 6.65. The van der Waals surface area contributed by atoms with Crippen LogP contribution < -0.4 is 20.1 Å². The number of aromatic nitrogens is 1. The third-order valence-electron chi connectivity index (χ3n) is 12.9. The lowest BCUT2D eigenvalue weighted by atomic mass is 9.86. The van der Waals surface area contributed by atoms with Gasteiger partial charge in [0.15, 0.2) is 6.29 Å². The number of hydrogen-bond donors (Lipinski definition) is 2. The van der Waals surface area contributed by atoms with E-state index in [1.165, 1.54) is 32.7 Å². The summed E-state index contributed by atoms with van der Waals surface area (Å²) in [5.41, 5.74) is 0.557. The highest BCUT2D eigenvalue weighted by Gasteiger charge is 2.62. The van der Waals surface area contributed by atoms with Gasteiger partial charge in [-0.15, -0.1) is 0 Å². The largest absolute Gasteiger partial charge is 0.488 e. The number of carbonyl (C=O) groups excluding carboxylic acids is 4. The van der Waals surface area contributed by atoms with Crippen LogP contribution in [0.5, 0.6) is 11.5 Å². The smallest absolute Gasteiger partial charge is 0.408 e. The minimum Gasteiger partial charge on any atom is -0.488 e. The van der Waals surface area contributed by atoms with Crippen molar-refractivity contribution in [1.82, 2.24) is 20.5 Å². The highest BCUT2D eigenvalue weighted by Crippen LogP contribution is 2.52. The summed E-state index contributed by atoms with van der Waals surface area (Å²) in [7, 11) is 4.35. The lowest BCUT2D eigenvalue weighted by Crippen LogP contribution is -2.56. The van der Waals surface area contributed by atoms with Gasteiger partial charge in [-0.1, -0.05) is 50.8 Å². The molecule has 1 aromatic heterocycles. The van der Waals surface area contributed by atoms with Gasteiger partial charge in [-0.2, -0.15) is 0 Å². The molecule has 0 bridgehead atoms. The van der Waals surface area contributed by atoms with Gasteiger partial charge in [0.25, 0.3) is 0 Å². The van der Waals surface area contributed by atoms with Crippen molar-refractivity contribution in [3.05, 3.63) is 41.1 Å². The van der Waals surface area contributed by atoms with Crippen molar-refractivity contribution in [1.29, 1.82) is 0 Å². The number of methoxy groups -OCH3 is 3. The number of esters is 1. The van der Waals surface area contributed by atoms with Gasteiger partial charge in [0.05, 0.1) is 19.2 Å². The summed E-state index contributed by atoms with van der Waals surface area (Å²) in [5.74, 6) is 0.674. The quantitative estimate of drug-likeness (QED) is 0.112. The Balaban J connectivity index is 1.18. The average molecular weight is 825 g/mol. The monoisotopic (exact) mass is 824 g/mol. The predicted octanol–water partition coefficient (Wildman–Crippen LogP) is 6.21. The zero-order valence-corrected chi connectivity index (χ0v) is 34.9. The fourth-order valence-corrected chi connectivity index (χ4v) is 9.63. The van der Waals surface area contributed by atoms with E-state index >= 15 is 0 Å². The number of fused-ring (bicyclic) bond motifs is 2. The number of pyridine rings is 1. The van der Waals surface area contributed by atoms with E-state index in [9.17, 15) is 19.2 Å². The fourth-order valence-electron chi connectivity index (χ4n) is 9.37. The summed E-state index contributed by atoms with van der Waals surface area (Å²) in [4.78, 5) is 61.5. The lowest BCUT2D eigenvalue weighted by molar-refractivity contribution is -0.148. The van der Waals surface area contributed by atoms with Crippen molar-refractivity contribution < 1.29 is 47.6 Å². The number of carbonyl (C=O) groups is 4. The van der Waals surface area contributed by atoms with Crippen LogP contribution in [0.25, 0.3) is 10.9 Å². The first-order valence-corrected chi connectivity index (χ1v) is 21.1. The van der Waals surface area contributed by atoms with Gasteiger partial charge in [0.2, 0.25) is 11.8 Å². The van der Waals surface area contributed by atoms with Gasteiger partial charge in [-0.25, -0.2) is 9.59 Å². The maximum Gasteiger partial charge on any atom is 0.408 e. The number of halogens is 1. The number of nitrogens with zero attached hydrogens (tertiary/aromatic N) is 2. The van der Waals surface area contributed by atoms with Crippen molar-refractivity contribution in [3.8, 4) is 11.5 Å². The summed E-state index contributed by atoms with van der Waals surface area (Å²) in [6, 6.07) is 3.32. The zero-order valence-electron chi connectivity index (χ0n) is 34.2. The molecular formula is C43H57ClN4O10. The minimum atomic E-state index is -1.18. The number of alkyl carbamates (subject to hydrolysis) is 1. The number of nitrogens with one attached hydrogen (secondary N) is 2. The second-order valence-corrected chi connectivity index (χ2v) is 17.2. The highest BCUT2D eigenvalue weighted by atomic mass is 35.5. The molecule has 0 spiro atoms. The second kappa shape index (κ2) is 17.6. The predicted molar refractivity (Wildman–Crippen MR) is 215 cm³/mol. The first kappa shape index (κ1) is 42.0. The average Bonchev–Trinajstić information content (AvgIpc) is 4.03. The van der Waals surface area contributed by atoms with E-state index < -0.39 is 53.9 Å². The Hall–Kier alpha value is -4.14. The van der Waals surface area contributed by atoms with Crippen molar-refractivity contribution >= 4 is 46.4 Å². The molecule has 316 valence electrons. The van der Waals surface area contributed by atoms with Crippen LogP contribution in [0.2, 0.25) is 5.02 Å². The molecule has 4 aliphatic carbocycles. The van der Waals surface area contributed by atoms with Crippen molar-refractivity contribution in [3.63, 3.8) is 0 Å². The zero-order chi connectivity index (χ0) is 41.3. The van der Waals surface area contributed by atoms with Gasteiger partial charge in [-0.05, 0) is 80.9 Å². The van der Waals surface area contributed by atoms with Crippen LogP contribution >= 0.6 is 11.6 Å². The normalized spacial score (nSPS) is 28.1. The summed E-state index contributed by atoms with van der Waals surface area (Å²) in [6.45, 7) is 7.73. The highest BCUT2D eigenvalue weighted by molar-refractivity contribution is 6.36. The van der Waals surface area contributed by atoms with E-state index in [2.05, 4.69) is 17.2 Å². The molecule has 0 unspecified atom stereocenters. The number of rotatable bonds is 16. The number of ether oxygens (including phenoxy) is 6. The molecule has 15 heteroatoms. The topological polar surface area (TPSA) is 164 Å². The molecule has 7 rings (SSSR count). The molecule has 1 saturated heterocycles. The second-order valence-electron chi connectivity index (χ2n) is 16.8. The molecular weight excluding hydrogens is 768 g/mol. The molecule has 5 fully saturated rings. The Morgan fingerprint density at radius 1 is 1.00 bits per heavy atom.